The minimum absolute atomic E-state index is 0.000981. The average Bonchev–Trinajstić information content (AvgIpc) is 2.88. The maximum absolute atomic E-state index is 12.5. The van der Waals surface area contributed by atoms with Crippen molar-refractivity contribution in [2.45, 2.75) is 111 Å². The van der Waals surface area contributed by atoms with Crippen molar-refractivity contribution in [3.8, 4) is 11.5 Å². The van der Waals surface area contributed by atoms with Crippen LogP contribution in [0.15, 0.2) is 18.2 Å². The van der Waals surface area contributed by atoms with Crippen LogP contribution in [-0.2, 0) is 34.9 Å². The molecule has 2 N–H and O–H groups in total. The highest BCUT2D eigenvalue weighted by Crippen LogP contribution is 2.30. The molecule has 1 aromatic carbocycles. The molecule has 0 aliphatic carbocycles. The molecule has 12 nitrogen and oxygen atoms in total. The zero-order valence-electron chi connectivity index (χ0n) is 24.4. The van der Waals surface area contributed by atoms with Crippen LogP contribution in [0.2, 0.25) is 0 Å². The fraction of sp³-hybridized carbons (Fsp3) is 0.643. The smallest absolute Gasteiger partial charge is 0.461 e. The summed E-state index contributed by atoms with van der Waals surface area (Å²) in [7, 11) is 0. The van der Waals surface area contributed by atoms with Crippen molar-refractivity contribution >= 4 is 24.4 Å². The van der Waals surface area contributed by atoms with Gasteiger partial charge >= 0.3 is 24.4 Å². The minimum Gasteiger partial charge on any atom is -0.461 e. The van der Waals surface area contributed by atoms with E-state index in [4.69, 9.17) is 38.9 Å². The molecule has 0 spiro atoms. The van der Waals surface area contributed by atoms with Gasteiger partial charge in [-0.3, -0.25) is 4.79 Å². The highest BCUT2D eigenvalue weighted by molar-refractivity contribution is 5.76. The molecule has 0 saturated heterocycles. The summed E-state index contributed by atoms with van der Waals surface area (Å²) in [4.78, 5) is 48.6. The molecule has 0 saturated carbocycles. The second-order valence-corrected chi connectivity index (χ2v) is 9.49. The molecule has 1 rings (SSSR count). The Balaban J connectivity index is 2.83. The third-order valence-electron chi connectivity index (χ3n) is 5.65. The average molecular weight is 570 g/mol. The quantitative estimate of drug-likeness (QED) is 0.162. The molecule has 0 amide bonds. The predicted molar refractivity (Wildman–Crippen MR) is 144 cm³/mol. The van der Waals surface area contributed by atoms with Gasteiger partial charge in [-0.15, -0.1) is 0 Å². The molecule has 0 bridgehead atoms. The number of rotatable bonds is 15. The predicted octanol–water partition coefficient (Wildman–Crippen LogP) is 5.46. The van der Waals surface area contributed by atoms with Gasteiger partial charge in [0.15, 0.2) is 11.5 Å². The molecule has 12 heteroatoms. The van der Waals surface area contributed by atoms with E-state index in [0.717, 1.165) is 6.42 Å². The van der Waals surface area contributed by atoms with Crippen molar-refractivity contribution in [1.82, 2.24) is 0 Å². The summed E-state index contributed by atoms with van der Waals surface area (Å²) in [6.07, 6.45) is -1.90. The first-order chi connectivity index (χ1) is 18.9. The van der Waals surface area contributed by atoms with Gasteiger partial charge in [0.1, 0.15) is 37.1 Å². The molecule has 226 valence electrons. The van der Waals surface area contributed by atoms with Crippen molar-refractivity contribution in [1.29, 1.82) is 0 Å². The zero-order valence-corrected chi connectivity index (χ0v) is 24.4. The third kappa shape index (κ3) is 13.5. The minimum atomic E-state index is -1.09. The lowest BCUT2D eigenvalue weighted by atomic mass is 10.1. The Morgan fingerprint density at radius 1 is 0.725 bits per heavy atom. The first-order valence-corrected chi connectivity index (χ1v) is 13.6. The Labute approximate surface area is 235 Å². The van der Waals surface area contributed by atoms with Gasteiger partial charge in [-0.2, -0.15) is 0 Å². The Morgan fingerprint density at radius 2 is 1.25 bits per heavy atom. The number of nitrogens with two attached hydrogens (primary N) is 1. The highest BCUT2D eigenvalue weighted by Gasteiger charge is 2.22. The zero-order chi connectivity index (χ0) is 30.2. The van der Waals surface area contributed by atoms with Crippen LogP contribution in [0.5, 0.6) is 11.5 Å². The molecule has 0 aliphatic rings. The number of esters is 1. The number of carbonyl (C=O) groups excluding carboxylic acids is 4. The molecule has 0 radical (unpaired) electrons. The molecule has 40 heavy (non-hydrogen) atoms. The summed E-state index contributed by atoms with van der Waals surface area (Å²) in [5.74, 6) is -0.940. The molecule has 1 aromatic rings. The number of ether oxygens (including phenoxy) is 7. The molecule has 3 unspecified atom stereocenters. The lowest BCUT2D eigenvalue weighted by molar-refractivity contribution is -0.148. The summed E-state index contributed by atoms with van der Waals surface area (Å²) >= 11 is 0. The van der Waals surface area contributed by atoms with Crippen LogP contribution in [0.1, 0.15) is 79.7 Å². The molecule has 0 heterocycles. The Kier molecular flexibility index (Phi) is 15.5. The molecule has 0 aliphatic heterocycles. The van der Waals surface area contributed by atoms with Gasteiger partial charge in [0.2, 0.25) is 0 Å². The lowest BCUT2D eigenvalue weighted by Crippen LogP contribution is -2.36. The van der Waals surface area contributed by atoms with Crippen molar-refractivity contribution < 1.29 is 52.3 Å². The standard InChI is InChI=1S/C28H43NO11/c1-8-11-19(6)37-26(31)38-20(7)16-34-25(30)22(29)14-21-12-13-23(39-27(32)35-17(4)9-2)24(15-21)40-28(33)36-18(5)10-3/h12-13,15,17-20,22H,8-11,14,16,29H2,1-7H3/t17?,18?,19?,20-,22-/m0/s1. The largest absolute Gasteiger partial charge is 0.514 e. The number of hydrogen-bond acceptors (Lipinski definition) is 12. The molecule has 5 atom stereocenters. The Hall–Kier alpha value is -3.54. The van der Waals surface area contributed by atoms with Gasteiger partial charge in [0.05, 0.1) is 0 Å². The normalized spacial score (nSPS) is 14.5. The van der Waals surface area contributed by atoms with E-state index in [-0.39, 0.29) is 36.7 Å². The fourth-order valence-corrected chi connectivity index (χ4v) is 3.07. The van der Waals surface area contributed by atoms with E-state index in [1.165, 1.54) is 12.1 Å². The lowest BCUT2D eigenvalue weighted by Gasteiger charge is -2.18. The Bertz CT molecular complexity index is 968. The fourth-order valence-electron chi connectivity index (χ4n) is 3.07. The van der Waals surface area contributed by atoms with Crippen LogP contribution >= 0.6 is 0 Å². The SMILES string of the molecule is CCCC(C)OC(=O)O[C@@H](C)COC(=O)[C@@H](N)Cc1ccc(OC(=O)OC(C)CC)c(OC(=O)OC(C)CC)c1. The van der Waals surface area contributed by atoms with Gasteiger partial charge in [0, 0.05) is 0 Å². The van der Waals surface area contributed by atoms with E-state index in [1.807, 2.05) is 20.8 Å². The van der Waals surface area contributed by atoms with Crippen LogP contribution in [-0.4, -0.2) is 61.5 Å². The van der Waals surface area contributed by atoms with E-state index in [0.29, 0.717) is 24.8 Å². The summed E-state index contributed by atoms with van der Waals surface area (Å²) in [5, 5.41) is 0. The van der Waals surface area contributed by atoms with Crippen LogP contribution in [0.3, 0.4) is 0 Å². The van der Waals surface area contributed by atoms with Gasteiger partial charge in [0.25, 0.3) is 0 Å². The van der Waals surface area contributed by atoms with Crippen molar-refractivity contribution in [2.24, 2.45) is 5.73 Å². The molecule has 0 aromatic heterocycles. The number of benzene rings is 1. The van der Waals surface area contributed by atoms with E-state index < -0.39 is 42.7 Å². The number of hydrogen-bond donors (Lipinski definition) is 1. The van der Waals surface area contributed by atoms with Crippen LogP contribution in [0.25, 0.3) is 0 Å². The summed E-state index contributed by atoms with van der Waals surface area (Å²) < 4.78 is 36.1. The third-order valence-corrected chi connectivity index (χ3v) is 5.65. The van der Waals surface area contributed by atoms with E-state index in [9.17, 15) is 19.2 Å². The summed E-state index contributed by atoms with van der Waals surface area (Å²) in [6, 6.07) is 3.24. The molecule has 0 fully saturated rings. The summed E-state index contributed by atoms with van der Waals surface area (Å²) in [5.41, 5.74) is 6.50. The maximum Gasteiger partial charge on any atom is 0.514 e. The van der Waals surface area contributed by atoms with Gasteiger partial charge < -0.3 is 38.9 Å². The second kappa shape index (κ2) is 17.9. The van der Waals surface area contributed by atoms with Crippen LogP contribution in [0, 0.1) is 0 Å². The second-order valence-electron chi connectivity index (χ2n) is 9.49. The molecular weight excluding hydrogens is 526 g/mol. The van der Waals surface area contributed by atoms with Gasteiger partial charge in [-0.1, -0.05) is 33.3 Å². The van der Waals surface area contributed by atoms with Crippen molar-refractivity contribution in [3.63, 3.8) is 0 Å². The monoisotopic (exact) mass is 569 g/mol. The van der Waals surface area contributed by atoms with E-state index >= 15 is 0 Å². The highest BCUT2D eigenvalue weighted by atomic mass is 16.8. The Morgan fingerprint density at radius 3 is 1.80 bits per heavy atom. The van der Waals surface area contributed by atoms with E-state index in [1.54, 1.807) is 33.8 Å². The summed E-state index contributed by atoms with van der Waals surface area (Å²) in [6.45, 7) is 12.2. The van der Waals surface area contributed by atoms with Gasteiger partial charge in [-0.25, -0.2) is 14.4 Å². The maximum atomic E-state index is 12.5. The number of carbonyl (C=O) groups is 4. The van der Waals surface area contributed by atoms with Crippen molar-refractivity contribution in [2.75, 3.05) is 6.61 Å². The first-order valence-electron chi connectivity index (χ1n) is 13.6. The topological polar surface area (TPSA) is 159 Å². The van der Waals surface area contributed by atoms with Crippen LogP contribution in [0.4, 0.5) is 14.4 Å². The van der Waals surface area contributed by atoms with E-state index in [2.05, 4.69) is 0 Å². The van der Waals surface area contributed by atoms with Crippen molar-refractivity contribution in [3.05, 3.63) is 23.8 Å². The first kappa shape index (κ1) is 34.5. The van der Waals surface area contributed by atoms with Crippen LogP contribution < -0.4 is 15.2 Å². The molecular formula is C28H43NO11. The van der Waals surface area contributed by atoms with Gasteiger partial charge in [-0.05, 0) is 71.1 Å².